The lowest BCUT2D eigenvalue weighted by atomic mass is 10.2. The Kier molecular flexibility index (Phi) is 8.46. The topological polar surface area (TPSA) is 58.6 Å². The van der Waals surface area contributed by atoms with Crippen LogP contribution in [0.25, 0.3) is 0 Å². The third-order valence-electron chi connectivity index (χ3n) is 2.24. The molecule has 0 aliphatic rings. The van der Waals surface area contributed by atoms with Gasteiger partial charge in [-0.25, -0.2) is 4.79 Å². The number of aliphatic hydroxyl groups is 1. The van der Waals surface area contributed by atoms with Gasteiger partial charge >= 0.3 is 6.09 Å². The fraction of sp³-hybridized carbons (Fsp3) is 0.786. The van der Waals surface area contributed by atoms with Gasteiger partial charge in [-0.2, -0.15) is 0 Å². The van der Waals surface area contributed by atoms with Crippen molar-refractivity contribution in [3.05, 3.63) is 12.2 Å². The minimum Gasteiger partial charge on any atom is -0.444 e. The van der Waals surface area contributed by atoms with Crippen molar-refractivity contribution in [2.45, 2.75) is 65.0 Å². The van der Waals surface area contributed by atoms with Crippen LogP contribution >= 0.6 is 0 Å². The smallest absolute Gasteiger partial charge is 0.408 e. The van der Waals surface area contributed by atoms with Crippen LogP contribution in [0.5, 0.6) is 0 Å². The van der Waals surface area contributed by atoms with Crippen LogP contribution in [0.1, 0.15) is 53.4 Å². The molecular formula is C14H27NO3. The van der Waals surface area contributed by atoms with E-state index >= 15 is 0 Å². The van der Waals surface area contributed by atoms with Crippen molar-refractivity contribution in [2.24, 2.45) is 0 Å². The first kappa shape index (κ1) is 17.0. The molecule has 106 valence electrons. The first-order chi connectivity index (χ1) is 8.39. The fourth-order valence-electron chi connectivity index (χ4n) is 1.39. The van der Waals surface area contributed by atoms with Crippen molar-refractivity contribution in [3.8, 4) is 0 Å². The van der Waals surface area contributed by atoms with Crippen molar-refractivity contribution < 1.29 is 14.6 Å². The van der Waals surface area contributed by atoms with E-state index in [1.165, 1.54) is 12.8 Å². The molecule has 0 saturated heterocycles. The maximum atomic E-state index is 11.5. The molecule has 4 heteroatoms. The van der Waals surface area contributed by atoms with Gasteiger partial charge in [0.1, 0.15) is 5.60 Å². The van der Waals surface area contributed by atoms with Crippen molar-refractivity contribution in [3.63, 3.8) is 0 Å². The Labute approximate surface area is 110 Å². The molecule has 0 spiro atoms. The van der Waals surface area contributed by atoms with E-state index < -0.39 is 11.7 Å². The third-order valence-corrected chi connectivity index (χ3v) is 2.24. The molecule has 18 heavy (non-hydrogen) atoms. The second-order valence-corrected chi connectivity index (χ2v) is 5.36. The number of ether oxygens (including phenoxy) is 1. The SMILES string of the molecule is CCCCC/C=C/C(CO)NC(=O)OC(C)(C)C. The summed E-state index contributed by atoms with van der Waals surface area (Å²) in [7, 11) is 0. The third kappa shape index (κ3) is 10.1. The summed E-state index contributed by atoms with van der Waals surface area (Å²) < 4.78 is 5.12. The predicted octanol–water partition coefficient (Wildman–Crippen LogP) is 3.01. The van der Waals surface area contributed by atoms with Gasteiger partial charge in [-0.3, -0.25) is 0 Å². The second-order valence-electron chi connectivity index (χ2n) is 5.36. The van der Waals surface area contributed by atoms with Crippen molar-refractivity contribution >= 4 is 6.09 Å². The molecule has 1 atom stereocenters. The Bertz CT molecular complexity index is 256. The number of unbranched alkanes of at least 4 members (excludes halogenated alkanes) is 3. The maximum Gasteiger partial charge on any atom is 0.408 e. The number of alkyl carbamates (subject to hydrolysis) is 1. The van der Waals surface area contributed by atoms with E-state index in [0.29, 0.717) is 0 Å². The summed E-state index contributed by atoms with van der Waals surface area (Å²) >= 11 is 0. The Morgan fingerprint density at radius 1 is 1.39 bits per heavy atom. The summed E-state index contributed by atoms with van der Waals surface area (Å²) in [6.07, 6.45) is 7.81. The molecule has 0 aliphatic heterocycles. The van der Waals surface area contributed by atoms with Crippen molar-refractivity contribution in [1.82, 2.24) is 5.32 Å². The number of allylic oxidation sites excluding steroid dienone is 1. The van der Waals surface area contributed by atoms with Crippen LogP contribution in [-0.2, 0) is 4.74 Å². The van der Waals surface area contributed by atoms with Crippen LogP contribution in [0.15, 0.2) is 12.2 Å². The number of carbonyl (C=O) groups is 1. The van der Waals surface area contributed by atoms with Gasteiger partial charge < -0.3 is 15.2 Å². The van der Waals surface area contributed by atoms with Gasteiger partial charge in [0.25, 0.3) is 0 Å². The first-order valence-electron chi connectivity index (χ1n) is 6.66. The Morgan fingerprint density at radius 3 is 2.56 bits per heavy atom. The normalized spacial score (nSPS) is 13.6. The van der Waals surface area contributed by atoms with Crippen molar-refractivity contribution in [2.75, 3.05) is 6.61 Å². The van der Waals surface area contributed by atoms with Gasteiger partial charge in [-0.1, -0.05) is 31.9 Å². The summed E-state index contributed by atoms with van der Waals surface area (Å²) in [4.78, 5) is 11.5. The molecule has 0 radical (unpaired) electrons. The number of carbonyl (C=O) groups excluding carboxylic acids is 1. The van der Waals surface area contributed by atoms with E-state index in [0.717, 1.165) is 12.8 Å². The summed E-state index contributed by atoms with van der Waals surface area (Å²) in [5, 5.41) is 11.8. The van der Waals surface area contributed by atoms with E-state index in [9.17, 15) is 4.79 Å². The van der Waals surface area contributed by atoms with Crippen LogP contribution in [0.3, 0.4) is 0 Å². The molecule has 0 saturated carbocycles. The van der Waals surface area contributed by atoms with Crippen LogP contribution in [0.4, 0.5) is 4.79 Å². The summed E-state index contributed by atoms with van der Waals surface area (Å²) in [6, 6.07) is -0.374. The summed E-state index contributed by atoms with van der Waals surface area (Å²) in [5.74, 6) is 0. The van der Waals surface area contributed by atoms with Crippen LogP contribution in [0.2, 0.25) is 0 Å². The molecule has 0 heterocycles. The second kappa shape index (κ2) is 8.97. The molecule has 1 unspecified atom stereocenters. The Balaban J connectivity index is 3.99. The highest BCUT2D eigenvalue weighted by atomic mass is 16.6. The highest BCUT2D eigenvalue weighted by Crippen LogP contribution is 2.07. The van der Waals surface area contributed by atoms with E-state index in [1.807, 2.05) is 12.2 Å². The van der Waals surface area contributed by atoms with Crippen LogP contribution < -0.4 is 5.32 Å². The molecule has 1 amide bonds. The molecule has 0 bridgehead atoms. The molecule has 0 aliphatic carbocycles. The Hall–Kier alpha value is -1.03. The molecule has 0 aromatic heterocycles. The van der Waals surface area contributed by atoms with Crippen LogP contribution in [0, 0.1) is 0 Å². The first-order valence-corrected chi connectivity index (χ1v) is 6.66. The summed E-state index contributed by atoms with van der Waals surface area (Å²) in [6.45, 7) is 7.46. The number of hydrogen-bond acceptors (Lipinski definition) is 3. The number of nitrogens with one attached hydrogen (secondary N) is 1. The maximum absolute atomic E-state index is 11.5. The van der Waals surface area contributed by atoms with E-state index in [1.54, 1.807) is 20.8 Å². The Morgan fingerprint density at radius 2 is 2.06 bits per heavy atom. The predicted molar refractivity (Wildman–Crippen MR) is 73.5 cm³/mol. The minimum atomic E-state index is -0.519. The van der Waals surface area contributed by atoms with Gasteiger partial charge in [-0.15, -0.1) is 0 Å². The fourth-order valence-corrected chi connectivity index (χ4v) is 1.39. The molecular weight excluding hydrogens is 230 g/mol. The molecule has 2 N–H and O–H groups in total. The zero-order chi connectivity index (χ0) is 14.0. The average molecular weight is 257 g/mol. The molecule has 0 rings (SSSR count). The lowest BCUT2D eigenvalue weighted by Crippen LogP contribution is -2.39. The van der Waals surface area contributed by atoms with E-state index in [-0.39, 0.29) is 12.6 Å². The quantitative estimate of drug-likeness (QED) is 0.544. The molecule has 0 aromatic carbocycles. The van der Waals surface area contributed by atoms with Gasteiger partial charge in [0.2, 0.25) is 0 Å². The standard InChI is InChI=1S/C14H27NO3/c1-5-6-7-8-9-10-12(11-16)15-13(17)18-14(2,3)4/h9-10,12,16H,5-8,11H2,1-4H3,(H,15,17)/b10-9+. The lowest BCUT2D eigenvalue weighted by Gasteiger charge is -2.21. The molecule has 4 nitrogen and oxygen atoms in total. The van der Waals surface area contributed by atoms with Gasteiger partial charge in [-0.05, 0) is 33.6 Å². The van der Waals surface area contributed by atoms with Gasteiger partial charge in [0.15, 0.2) is 0 Å². The summed E-state index contributed by atoms with van der Waals surface area (Å²) in [5.41, 5.74) is -0.519. The van der Waals surface area contributed by atoms with Gasteiger partial charge in [0.05, 0.1) is 12.6 Å². The molecule has 0 aromatic rings. The highest BCUT2D eigenvalue weighted by Gasteiger charge is 2.17. The minimum absolute atomic E-state index is 0.122. The monoisotopic (exact) mass is 257 g/mol. The number of amides is 1. The average Bonchev–Trinajstić information content (AvgIpc) is 2.24. The number of rotatable bonds is 7. The van der Waals surface area contributed by atoms with E-state index in [2.05, 4.69) is 12.2 Å². The van der Waals surface area contributed by atoms with Crippen LogP contribution in [-0.4, -0.2) is 29.4 Å². The number of hydrogen-bond donors (Lipinski definition) is 2. The number of aliphatic hydroxyl groups excluding tert-OH is 1. The van der Waals surface area contributed by atoms with Crippen molar-refractivity contribution in [1.29, 1.82) is 0 Å². The van der Waals surface area contributed by atoms with Gasteiger partial charge in [0, 0.05) is 0 Å². The highest BCUT2D eigenvalue weighted by molar-refractivity contribution is 5.68. The zero-order valence-electron chi connectivity index (χ0n) is 12.0. The largest absolute Gasteiger partial charge is 0.444 e. The zero-order valence-corrected chi connectivity index (χ0v) is 12.0. The lowest BCUT2D eigenvalue weighted by molar-refractivity contribution is 0.0498. The van der Waals surface area contributed by atoms with E-state index in [4.69, 9.17) is 9.84 Å². The molecule has 0 fully saturated rings.